The second-order valence-corrected chi connectivity index (χ2v) is 5.53. The molecule has 110 valence electrons. The van der Waals surface area contributed by atoms with Gasteiger partial charge in [0.05, 0.1) is 18.8 Å². The Balaban J connectivity index is 1.81. The number of carbonyl (C=O) groups excluding carboxylic acids is 1. The van der Waals surface area contributed by atoms with Crippen molar-refractivity contribution in [3.8, 4) is 0 Å². The number of hydrogen-bond donors (Lipinski definition) is 4. The van der Waals surface area contributed by atoms with Gasteiger partial charge >= 0.3 is 0 Å². The van der Waals surface area contributed by atoms with Crippen molar-refractivity contribution in [1.82, 2.24) is 9.80 Å². The van der Waals surface area contributed by atoms with Gasteiger partial charge in [-0.2, -0.15) is 0 Å². The van der Waals surface area contributed by atoms with E-state index in [1.807, 2.05) is 9.80 Å². The second-order valence-electron chi connectivity index (χ2n) is 5.53. The summed E-state index contributed by atoms with van der Waals surface area (Å²) in [5.74, 6) is 0.510. The predicted molar refractivity (Wildman–Crippen MR) is 66.2 cm³/mol. The summed E-state index contributed by atoms with van der Waals surface area (Å²) >= 11 is 0. The minimum absolute atomic E-state index is 0.0689. The fourth-order valence-electron chi connectivity index (χ4n) is 2.97. The van der Waals surface area contributed by atoms with E-state index in [-0.39, 0.29) is 18.5 Å². The van der Waals surface area contributed by atoms with Crippen LogP contribution in [0.5, 0.6) is 0 Å². The predicted octanol–water partition coefficient (Wildman–Crippen LogP) is -2.78. The third-order valence-electron chi connectivity index (χ3n) is 4.14. The molecule has 2 aliphatic heterocycles. The van der Waals surface area contributed by atoms with Crippen LogP contribution in [0.15, 0.2) is 0 Å². The van der Waals surface area contributed by atoms with Crippen molar-refractivity contribution in [3.63, 3.8) is 0 Å². The fraction of sp³-hybridized carbons (Fsp3) is 0.917. The van der Waals surface area contributed by atoms with Gasteiger partial charge in [-0.15, -0.1) is 0 Å². The number of β-amino-alcohol motifs (C(OH)–C–C–N with tert-alkyl or cyclic N) is 1. The summed E-state index contributed by atoms with van der Waals surface area (Å²) in [6.07, 6.45) is -3.79. The molecule has 0 unspecified atom stereocenters. The molecule has 0 aromatic heterocycles. The van der Waals surface area contributed by atoms with Crippen LogP contribution < -0.4 is 0 Å². The van der Waals surface area contributed by atoms with E-state index in [4.69, 9.17) is 5.11 Å². The van der Waals surface area contributed by atoms with Crippen molar-refractivity contribution in [1.29, 1.82) is 0 Å². The van der Waals surface area contributed by atoms with Gasteiger partial charge in [0, 0.05) is 39.0 Å². The van der Waals surface area contributed by atoms with Gasteiger partial charge < -0.3 is 25.3 Å². The largest absolute Gasteiger partial charge is 0.394 e. The maximum Gasteiger partial charge on any atom is 0.219 e. The van der Waals surface area contributed by atoms with Crippen molar-refractivity contribution in [2.75, 3.05) is 32.8 Å². The number of carbonyl (C=O) groups is 1. The molecule has 4 N–H and O–H groups in total. The van der Waals surface area contributed by atoms with Crippen LogP contribution in [0.1, 0.15) is 6.92 Å². The van der Waals surface area contributed by atoms with Crippen LogP contribution in [0, 0.1) is 5.92 Å². The molecule has 0 radical (unpaired) electrons. The van der Waals surface area contributed by atoms with Crippen LogP contribution in [0.2, 0.25) is 0 Å². The molecule has 19 heavy (non-hydrogen) atoms. The molecule has 7 heteroatoms. The van der Waals surface area contributed by atoms with Gasteiger partial charge in [0.25, 0.3) is 0 Å². The lowest BCUT2D eigenvalue weighted by Crippen LogP contribution is -2.57. The lowest BCUT2D eigenvalue weighted by Gasteiger charge is -2.43. The van der Waals surface area contributed by atoms with E-state index in [9.17, 15) is 20.1 Å². The molecule has 5 atom stereocenters. The Kier molecular flexibility index (Phi) is 4.42. The summed E-state index contributed by atoms with van der Waals surface area (Å²) in [5, 5.41) is 37.4. The minimum Gasteiger partial charge on any atom is -0.394 e. The molecular weight excluding hydrogens is 252 g/mol. The van der Waals surface area contributed by atoms with Gasteiger partial charge in [0.2, 0.25) is 5.91 Å². The van der Waals surface area contributed by atoms with Crippen LogP contribution in [0.25, 0.3) is 0 Å². The SMILES string of the molecule is CC(=O)N1C[C@@H]2CN(C[C@H](O)[C@H](O)[C@H](O)CO)C[C@@H]21. The molecule has 2 heterocycles. The van der Waals surface area contributed by atoms with Gasteiger partial charge in [-0.25, -0.2) is 0 Å². The highest BCUT2D eigenvalue weighted by Crippen LogP contribution is 2.32. The smallest absolute Gasteiger partial charge is 0.219 e. The first-order valence-corrected chi connectivity index (χ1v) is 6.58. The number of likely N-dealkylation sites (tertiary alicyclic amines) is 2. The summed E-state index contributed by atoms with van der Waals surface area (Å²) in [7, 11) is 0. The average Bonchev–Trinajstić information content (AvgIpc) is 2.64. The molecule has 2 aliphatic rings. The van der Waals surface area contributed by atoms with Crippen LogP contribution in [-0.4, -0.2) is 93.3 Å². The van der Waals surface area contributed by atoms with E-state index in [0.717, 1.165) is 13.1 Å². The van der Waals surface area contributed by atoms with Crippen molar-refractivity contribution in [3.05, 3.63) is 0 Å². The van der Waals surface area contributed by atoms with Crippen molar-refractivity contribution in [2.24, 2.45) is 5.92 Å². The number of hydrogen-bond acceptors (Lipinski definition) is 6. The maximum absolute atomic E-state index is 11.3. The van der Waals surface area contributed by atoms with Crippen LogP contribution in [-0.2, 0) is 4.79 Å². The molecule has 1 amide bonds. The molecule has 0 aromatic rings. The first-order chi connectivity index (χ1) is 8.93. The fourth-order valence-corrected chi connectivity index (χ4v) is 2.97. The quantitative estimate of drug-likeness (QED) is 0.432. The molecule has 0 aromatic carbocycles. The molecule has 2 rings (SSSR count). The van der Waals surface area contributed by atoms with Crippen LogP contribution >= 0.6 is 0 Å². The Morgan fingerprint density at radius 2 is 1.89 bits per heavy atom. The Hall–Kier alpha value is -0.730. The van der Waals surface area contributed by atoms with Crippen molar-refractivity contribution in [2.45, 2.75) is 31.3 Å². The van der Waals surface area contributed by atoms with Gasteiger partial charge in [-0.05, 0) is 0 Å². The number of amides is 1. The lowest BCUT2D eigenvalue weighted by atomic mass is 9.92. The van der Waals surface area contributed by atoms with Gasteiger partial charge in [0.15, 0.2) is 0 Å². The summed E-state index contributed by atoms with van der Waals surface area (Å²) in [6.45, 7) is 3.43. The van der Waals surface area contributed by atoms with Crippen molar-refractivity contribution >= 4 is 5.91 Å². The molecule has 2 saturated heterocycles. The van der Waals surface area contributed by atoms with Gasteiger partial charge in [0.1, 0.15) is 12.2 Å². The Morgan fingerprint density at radius 1 is 1.21 bits per heavy atom. The summed E-state index contributed by atoms with van der Waals surface area (Å²) < 4.78 is 0. The molecule has 0 aliphatic carbocycles. The summed E-state index contributed by atoms with van der Waals surface area (Å²) in [6, 6.07) is 0.213. The third-order valence-corrected chi connectivity index (χ3v) is 4.14. The standard InChI is InChI=1S/C12H22N2O5/c1-7(16)14-3-8-2-13(4-9(8)14)5-10(17)12(19)11(18)6-15/h8-12,15,17-19H,2-6H2,1H3/t8-,9-,10-,11+,12-/m0/s1. The average molecular weight is 274 g/mol. The minimum atomic E-state index is -1.35. The molecule has 0 saturated carbocycles. The number of rotatable bonds is 5. The van der Waals surface area contributed by atoms with Crippen LogP contribution in [0.4, 0.5) is 0 Å². The van der Waals surface area contributed by atoms with E-state index >= 15 is 0 Å². The number of aliphatic hydroxyl groups is 4. The summed E-state index contributed by atoms with van der Waals surface area (Å²) in [4.78, 5) is 15.1. The van der Waals surface area contributed by atoms with Crippen LogP contribution in [0.3, 0.4) is 0 Å². The Labute approximate surface area is 112 Å². The molecular formula is C12H22N2O5. The van der Waals surface area contributed by atoms with E-state index < -0.39 is 24.9 Å². The topological polar surface area (TPSA) is 104 Å². The second kappa shape index (κ2) is 5.72. The first kappa shape index (κ1) is 14.7. The molecule has 7 nitrogen and oxygen atoms in total. The molecule has 2 fully saturated rings. The Morgan fingerprint density at radius 3 is 2.47 bits per heavy atom. The number of nitrogens with zero attached hydrogens (tertiary/aromatic N) is 2. The molecule has 0 spiro atoms. The van der Waals surface area contributed by atoms with E-state index in [2.05, 4.69) is 0 Å². The normalized spacial score (nSPS) is 31.5. The third kappa shape index (κ3) is 2.90. The van der Waals surface area contributed by atoms with E-state index in [1.165, 1.54) is 0 Å². The number of fused-ring (bicyclic) bond motifs is 1. The highest BCUT2D eigenvalue weighted by atomic mass is 16.4. The van der Waals surface area contributed by atoms with Crippen molar-refractivity contribution < 1.29 is 25.2 Å². The van der Waals surface area contributed by atoms with E-state index in [1.54, 1.807) is 6.92 Å². The highest BCUT2D eigenvalue weighted by molar-refractivity contribution is 5.74. The maximum atomic E-state index is 11.3. The highest BCUT2D eigenvalue weighted by Gasteiger charge is 2.47. The molecule has 0 bridgehead atoms. The van der Waals surface area contributed by atoms with E-state index in [0.29, 0.717) is 12.5 Å². The van der Waals surface area contributed by atoms with Gasteiger partial charge in [-0.3, -0.25) is 9.69 Å². The first-order valence-electron chi connectivity index (χ1n) is 6.58. The lowest BCUT2D eigenvalue weighted by molar-refractivity contribution is -0.138. The Bertz CT molecular complexity index is 340. The zero-order chi connectivity index (χ0) is 14.2. The zero-order valence-electron chi connectivity index (χ0n) is 11.0. The van der Waals surface area contributed by atoms with Gasteiger partial charge in [-0.1, -0.05) is 0 Å². The summed E-state index contributed by atoms with van der Waals surface area (Å²) in [5.41, 5.74) is 0. The number of aliphatic hydroxyl groups excluding tert-OH is 4. The monoisotopic (exact) mass is 274 g/mol. The zero-order valence-corrected chi connectivity index (χ0v) is 11.0.